The highest BCUT2D eigenvalue weighted by atomic mass is 16.5. The zero-order valence-electron chi connectivity index (χ0n) is 9.24. The zero-order valence-corrected chi connectivity index (χ0v) is 9.24. The van der Waals surface area contributed by atoms with E-state index in [0.29, 0.717) is 13.2 Å². The maximum absolute atomic E-state index is 5.53. The first-order valence-electron chi connectivity index (χ1n) is 5.42. The lowest BCUT2D eigenvalue weighted by Gasteiger charge is -2.07. The van der Waals surface area contributed by atoms with Gasteiger partial charge in [-0.05, 0) is 30.7 Å². The lowest BCUT2D eigenvalue weighted by Crippen LogP contribution is -2.10. The van der Waals surface area contributed by atoms with Crippen LogP contribution in [0.4, 0.5) is 0 Å². The van der Waals surface area contributed by atoms with Gasteiger partial charge < -0.3 is 15.2 Å². The second kappa shape index (κ2) is 7.12. The number of rotatable bonds is 7. The largest absolute Gasteiger partial charge is 0.494 e. The van der Waals surface area contributed by atoms with Crippen LogP contribution in [-0.4, -0.2) is 19.8 Å². The molecule has 2 N–H and O–H groups in total. The minimum absolute atomic E-state index is 0.536. The summed E-state index contributed by atoms with van der Waals surface area (Å²) in [7, 11) is 0. The van der Waals surface area contributed by atoms with Crippen molar-refractivity contribution in [2.24, 2.45) is 5.73 Å². The summed E-state index contributed by atoms with van der Waals surface area (Å²) >= 11 is 0. The number of unbranched alkanes of at least 4 members (excludes halogenated alkanes) is 1. The molecule has 0 saturated heterocycles. The maximum Gasteiger partial charge on any atom is 0.119 e. The fourth-order valence-electron chi connectivity index (χ4n) is 1.14. The SMILES string of the molecule is CCCCOc1ccc(OCCN)cc1. The molecular formula is C12H19NO2. The molecule has 0 spiro atoms. The van der Waals surface area contributed by atoms with E-state index in [1.807, 2.05) is 24.3 Å². The smallest absolute Gasteiger partial charge is 0.119 e. The average Bonchev–Trinajstić information content (AvgIpc) is 2.28. The molecule has 1 aromatic carbocycles. The minimum Gasteiger partial charge on any atom is -0.494 e. The highest BCUT2D eigenvalue weighted by Gasteiger charge is 1.95. The highest BCUT2D eigenvalue weighted by Crippen LogP contribution is 2.17. The molecule has 1 aromatic rings. The first kappa shape index (κ1) is 11.9. The quantitative estimate of drug-likeness (QED) is 0.700. The van der Waals surface area contributed by atoms with Crippen LogP contribution in [0.25, 0.3) is 0 Å². The van der Waals surface area contributed by atoms with Crippen LogP contribution in [0.3, 0.4) is 0 Å². The van der Waals surface area contributed by atoms with Gasteiger partial charge in [-0.2, -0.15) is 0 Å². The summed E-state index contributed by atoms with van der Waals surface area (Å²) in [6.07, 6.45) is 2.24. The first-order valence-corrected chi connectivity index (χ1v) is 5.42. The number of nitrogens with two attached hydrogens (primary N) is 1. The van der Waals surface area contributed by atoms with Crippen molar-refractivity contribution >= 4 is 0 Å². The molecule has 1 rings (SSSR count). The standard InChI is InChI=1S/C12H19NO2/c1-2-3-9-14-11-4-6-12(7-5-11)15-10-8-13/h4-7H,2-3,8-10,13H2,1H3. The summed E-state index contributed by atoms with van der Waals surface area (Å²) in [4.78, 5) is 0. The van der Waals surface area contributed by atoms with Gasteiger partial charge in [-0.15, -0.1) is 0 Å². The van der Waals surface area contributed by atoms with Gasteiger partial charge in [0.25, 0.3) is 0 Å². The molecule has 0 amide bonds. The van der Waals surface area contributed by atoms with Crippen molar-refractivity contribution in [3.8, 4) is 11.5 Å². The van der Waals surface area contributed by atoms with Crippen molar-refractivity contribution in [2.45, 2.75) is 19.8 Å². The third-order valence-corrected chi connectivity index (χ3v) is 1.98. The van der Waals surface area contributed by atoms with Crippen LogP contribution in [-0.2, 0) is 0 Å². The van der Waals surface area contributed by atoms with Gasteiger partial charge in [0.1, 0.15) is 18.1 Å². The minimum atomic E-state index is 0.536. The second-order valence-electron chi connectivity index (χ2n) is 3.31. The van der Waals surface area contributed by atoms with Crippen LogP contribution in [0.1, 0.15) is 19.8 Å². The highest BCUT2D eigenvalue weighted by molar-refractivity contribution is 5.31. The Hall–Kier alpha value is -1.22. The molecule has 0 radical (unpaired) electrons. The van der Waals surface area contributed by atoms with Gasteiger partial charge in [0.15, 0.2) is 0 Å². The molecule has 0 saturated carbocycles. The Labute approximate surface area is 91.2 Å². The van der Waals surface area contributed by atoms with E-state index in [1.54, 1.807) is 0 Å². The molecule has 84 valence electrons. The van der Waals surface area contributed by atoms with Gasteiger partial charge in [0.05, 0.1) is 6.61 Å². The molecule has 0 fully saturated rings. The molecule has 0 aliphatic heterocycles. The van der Waals surface area contributed by atoms with E-state index in [-0.39, 0.29) is 0 Å². The predicted octanol–water partition coefficient (Wildman–Crippen LogP) is 2.20. The van der Waals surface area contributed by atoms with Gasteiger partial charge >= 0.3 is 0 Å². The van der Waals surface area contributed by atoms with Crippen molar-refractivity contribution < 1.29 is 9.47 Å². The van der Waals surface area contributed by atoms with E-state index in [4.69, 9.17) is 15.2 Å². The van der Waals surface area contributed by atoms with Gasteiger partial charge in [-0.3, -0.25) is 0 Å². The van der Waals surface area contributed by atoms with Crippen LogP contribution in [0, 0.1) is 0 Å². The van der Waals surface area contributed by atoms with E-state index < -0.39 is 0 Å². The van der Waals surface area contributed by atoms with Gasteiger partial charge in [0.2, 0.25) is 0 Å². The van der Waals surface area contributed by atoms with Crippen LogP contribution >= 0.6 is 0 Å². The summed E-state index contributed by atoms with van der Waals surface area (Å²) in [5.74, 6) is 1.73. The van der Waals surface area contributed by atoms with Crippen molar-refractivity contribution in [2.75, 3.05) is 19.8 Å². The summed E-state index contributed by atoms with van der Waals surface area (Å²) in [6.45, 7) is 4.01. The summed E-state index contributed by atoms with van der Waals surface area (Å²) < 4.78 is 10.9. The molecular weight excluding hydrogens is 190 g/mol. The normalized spacial score (nSPS) is 10.0. The topological polar surface area (TPSA) is 44.5 Å². The van der Waals surface area contributed by atoms with Crippen LogP contribution < -0.4 is 15.2 Å². The van der Waals surface area contributed by atoms with Crippen molar-refractivity contribution in [1.29, 1.82) is 0 Å². The molecule has 15 heavy (non-hydrogen) atoms. The zero-order chi connectivity index (χ0) is 10.9. The Balaban J connectivity index is 2.35. The van der Waals surface area contributed by atoms with Gasteiger partial charge in [0, 0.05) is 6.54 Å². The molecule has 0 heterocycles. The molecule has 0 bridgehead atoms. The third kappa shape index (κ3) is 4.70. The Kier molecular flexibility index (Phi) is 5.63. The Bertz CT molecular complexity index is 259. The number of hydrogen-bond acceptors (Lipinski definition) is 3. The second-order valence-corrected chi connectivity index (χ2v) is 3.31. The lowest BCUT2D eigenvalue weighted by molar-refractivity contribution is 0.306. The van der Waals surface area contributed by atoms with Gasteiger partial charge in [-0.1, -0.05) is 13.3 Å². The molecule has 0 aliphatic carbocycles. The monoisotopic (exact) mass is 209 g/mol. The molecule has 0 atom stereocenters. The Morgan fingerprint density at radius 1 is 1.00 bits per heavy atom. The van der Waals surface area contributed by atoms with E-state index in [0.717, 1.165) is 30.9 Å². The third-order valence-electron chi connectivity index (χ3n) is 1.98. The van der Waals surface area contributed by atoms with Crippen molar-refractivity contribution in [3.05, 3.63) is 24.3 Å². The molecule has 0 aliphatic rings. The molecule has 0 unspecified atom stereocenters. The average molecular weight is 209 g/mol. The van der Waals surface area contributed by atoms with E-state index in [1.165, 1.54) is 0 Å². The van der Waals surface area contributed by atoms with E-state index >= 15 is 0 Å². The Morgan fingerprint density at radius 2 is 1.53 bits per heavy atom. The first-order chi connectivity index (χ1) is 7.36. The predicted molar refractivity (Wildman–Crippen MR) is 61.4 cm³/mol. The maximum atomic E-state index is 5.53. The van der Waals surface area contributed by atoms with Crippen LogP contribution in [0.5, 0.6) is 11.5 Å². The fourth-order valence-corrected chi connectivity index (χ4v) is 1.14. The lowest BCUT2D eigenvalue weighted by atomic mass is 10.3. The Morgan fingerprint density at radius 3 is 2.00 bits per heavy atom. The molecule has 3 heteroatoms. The summed E-state index contributed by atoms with van der Waals surface area (Å²) in [5, 5.41) is 0. The van der Waals surface area contributed by atoms with E-state index in [2.05, 4.69) is 6.92 Å². The number of hydrogen-bond donors (Lipinski definition) is 1. The van der Waals surface area contributed by atoms with Crippen LogP contribution in [0.2, 0.25) is 0 Å². The van der Waals surface area contributed by atoms with Crippen molar-refractivity contribution in [3.63, 3.8) is 0 Å². The molecule has 0 aromatic heterocycles. The van der Waals surface area contributed by atoms with Gasteiger partial charge in [-0.25, -0.2) is 0 Å². The number of ether oxygens (including phenoxy) is 2. The number of benzene rings is 1. The van der Waals surface area contributed by atoms with Crippen molar-refractivity contribution in [1.82, 2.24) is 0 Å². The summed E-state index contributed by atoms with van der Waals surface area (Å²) in [6, 6.07) is 7.64. The summed E-state index contributed by atoms with van der Waals surface area (Å²) in [5.41, 5.74) is 5.34. The molecule has 3 nitrogen and oxygen atoms in total. The fraction of sp³-hybridized carbons (Fsp3) is 0.500. The van der Waals surface area contributed by atoms with Crippen LogP contribution in [0.15, 0.2) is 24.3 Å². The van der Waals surface area contributed by atoms with E-state index in [9.17, 15) is 0 Å².